The minimum Gasteiger partial charge on any atom is -0.375 e. The quantitative estimate of drug-likeness (QED) is 0.823. The number of likely N-dealkylation sites (tertiary alicyclic amines) is 1. The molecule has 0 bridgehead atoms. The summed E-state index contributed by atoms with van der Waals surface area (Å²) in [5.41, 5.74) is 1.18. The van der Waals surface area contributed by atoms with Gasteiger partial charge in [-0.3, -0.25) is 9.89 Å². The van der Waals surface area contributed by atoms with Crippen molar-refractivity contribution >= 4 is 5.91 Å². The van der Waals surface area contributed by atoms with E-state index in [4.69, 9.17) is 4.74 Å². The minimum absolute atomic E-state index is 0.0885. The topological polar surface area (TPSA) is 58.2 Å². The Balaban J connectivity index is 1.85. The first-order chi connectivity index (χ1) is 7.81. The average molecular weight is 223 g/mol. The molecule has 1 aliphatic rings. The average Bonchev–Trinajstić information content (AvgIpc) is 2.83. The molecule has 2 rings (SSSR count). The zero-order valence-corrected chi connectivity index (χ0v) is 9.48. The van der Waals surface area contributed by atoms with Crippen molar-refractivity contribution in [2.45, 2.75) is 18.8 Å². The van der Waals surface area contributed by atoms with Crippen LogP contribution >= 0.6 is 0 Å². The fraction of sp³-hybridized carbons (Fsp3) is 0.636. The number of piperidine rings is 1. The second-order valence-electron chi connectivity index (χ2n) is 4.10. The first-order valence-corrected chi connectivity index (χ1v) is 5.57. The van der Waals surface area contributed by atoms with E-state index in [1.54, 1.807) is 13.3 Å². The summed E-state index contributed by atoms with van der Waals surface area (Å²) in [6.45, 7) is 1.81. The number of hydrogen-bond acceptors (Lipinski definition) is 3. The third-order valence-corrected chi connectivity index (χ3v) is 3.08. The molecule has 0 spiro atoms. The van der Waals surface area contributed by atoms with Crippen molar-refractivity contribution in [3.05, 3.63) is 18.0 Å². The van der Waals surface area contributed by atoms with Crippen molar-refractivity contribution < 1.29 is 9.53 Å². The van der Waals surface area contributed by atoms with Crippen molar-refractivity contribution in [1.82, 2.24) is 15.1 Å². The largest absolute Gasteiger partial charge is 0.375 e. The summed E-state index contributed by atoms with van der Waals surface area (Å²) >= 11 is 0. The lowest BCUT2D eigenvalue weighted by molar-refractivity contribution is -0.136. The van der Waals surface area contributed by atoms with Crippen molar-refractivity contribution in [3.8, 4) is 0 Å². The van der Waals surface area contributed by atoms with Crippen LogP contribution < -0.4 is 0 Å². The summed E-state index contributed by atoms with van der Waals surface area (Å²) in [7, 11) is 1.55. The fourth-order valence-corrected chi connectivity index (χ4v) is 2.15. The summed E-state index contributed by atoms with van der Waals surface area (Å²) in [4.78, 5) is 13.4. The SMILES string of the molecule is COCC(=O)N1CCC(c2ccn[nH]2)CC1. The van der Waals surface area contributed by atoms with Gasteiger partial charge in [0.1, 0.15) is 6.61 Å². The van der Waals surface area contributed by atoms with Crippen LogP contribution in [0, 0.1) is 0 Å². The van der Waals surface area contributed by atoms with Gasteiger partial charge in [-0.05, 0) is 18.9 Å². The number of ether oxygens (including phenoxy) is 1. The Morgan fingerprint density at radius 3 is 2.94 bits per heavy atom. The molecule has 1 N–H and O–H groups in total. The normalized spacial score (nSPS) is 17.7. The van der Waals surface area contributed by atoms with Crippen LogP contribution in [0.1, 0.15) is 24.5 Å². The summed E-state index contributed by atoms with van der Waals surface area (Å²) in [6.07, 6.45) is 3.77. The van der Waals surface area contributed by atoms with Crippen molar-refractivity contribution in [2.24, 2.45) is 0 Å². The highest BCUT2D eigenvalue weighted by molar-refractivity contribution is 5.77. The number of carbonyl (C=O) groups excluding carboxylic acids is 1. The van der Waals surface area contributed by atoms with Crippen molar-refractivity contribution in [1.29, 1.82) is 0 Å². The van der Waals surface area contributed by atoms with E-state index in [0.717, 1.165) is 25.9 Å². The minimum atomic E-state index is 0.0885. The Labute approximate surface area is 94.8 Å². The number of nitrogens with one attached hydrogen (secondary N) is 1. The van der Waals surface area contributed by atoms with Gasteiger partial charge in [-0.1, -0.05) is 0 Å². The van der Waals surface area contributed by atoms with Crippen LogP contribution in [-0.2, 0) is 9.53 Å². The number of aromatic amines is 1. The molecule has 1 amide bonds. The molecular weight excluding hydrogens is 206 g/mol. The first kappa shape index (κ1) is 11.1. The van der Waals surface area contributed by atoms with Crippen molar-refractivity contribution in [2.75, 3.05) is 26.8 Å². The number of hydrogen-bond donors (Lipinski definition) is 1. The van der Waals surface area contributed by atoms with Crippen LogP contribution in [0.3, 0.4) is 0 Å². The molecule has 1 aromatic rings. The molecule has 0 saturated carbocycles. The lowest BCUT2D eigenvalue weighted by Crippen LogP contribution is -2.39. The van der Waals surface area contributed by atoms with Gasteiger partial charge in [0.25, 0.3) is 0 Å². The zero-order chi connectivity index (χ0) is 11.4. The maximum atomic E-state index is 11.6. The monoisotopic (exact) mass is 223 g/mol. The Kier molecular flexibility index (Phi) is 3.56. The number of methoxy groups -OCH3 is 1. The van der Waals surface area contributed by atoms with Crippen molar-refractivity contribution in [3.63, 3.8) is 0 Å². The molecule has 0 atom stereocenters. The lowest BCUT2D eigenvalue weighted by Gasteiger charge is -2.31. The number of nitrogens with zero attached hydrogens (tertiary/aromatic N) is 2. The fourth-order valence-electron chi connectivity index (χ4n) is 2.15. The summed E-state index contributed by atoms with van der Waals surface area (Å²) in [6, 6.07) is 2.01. The molecule has 1 aromatic heterocycles. The van der Waals surface area contributed by atoms with Crippen LogP contribution in [0.25, 0.3) is 0 Å². The van der Waals surface area contributed by atoms with Gasteiger partial charge in [-0.15, -0.1) is 0 Å². The van der Waals surface area contributed by atoms with Gasteiger partial charge in [0.2, 0.25) is 5.91 Å². The summed E-state index contributed by atoms with van der Waals surface area (Å²) < 4.78 is 4.85. The van der Waals surface area contributed by atoms with E-state index in [1.165, 1.54) is 5.69 Å². The van der Waals surface area contributed by atoms with Crippen LogP contribution in [-0.4, -0.2) is 47.8 Å². The molecular formula is C11H17N3O2. The van der Waals surface area contributed by atoms with E-state index in [0.29, 0.717) is 5.92 Å². The molecule has 0 aliphatic carbocycles. The summed E-state index contributed by atoms with van der Waals surface area (Å²) in [5, 5.41) is 6.95. The molecule has 0 unspecified atom stereocenters. The molecule has 88 valence electrons. The maximum absolute atomic E-state index is 11.6. The van der Waals surface area contributed by atoms with Crippen LogP contribution in [0.2, 0.25) is 0 Å². The highest BCUT2D eigenvalue weighted by atomic mass is 16.5. The molecule has 0 radical (unpaired) electrons. The molecule has 2 heterocycles. The van der Waals surface area contributed by atoms with Crippen LogP contribution in [0.4, 0.5) is 0 Å². The highest BCUT2D eigenvalue weighted by Crippen LogP contribution is 2.26. The Bertz CT molecular complexity index is 329. The Hall–Kier alpha value is -1.36. The van der Waals surface area contributed by atoms with Crippen LogP contribution in [0.5, 0.6) is 0 Å². The zero-order valence-electron chi connectivity index (χ0n) is 9.48. The second kappa shape index (κ2) is 5.12. The van der Waals surface area contributed by atoms with E-state index < -0.39 is 0 Å². The smallest absolute Gasteiger partial charge is 0.248 e. The lowest BCUT2D eigenvalue weighted by atomic mass is 9.94. The van der Waals surface area contributed by atoms with E-state index in [-0.39, 0.29) is 12.5 Å². The molecule has 5 heteroatoms. The van der Waals surface area contributed by atoms with Gasteiger partial charge < -0.3 is 9.64 Å². The van der Waals surface area contributed by atoms with Gasteiger partial charge in [-0.2, -0.15) is 5.10 Å². The molecule has 1 saturated heterocycles. The summed E-state index contributed by atoms with van der Waals surface area (Å²) in [5.74, 6) is 0.597. The number of carbonyl (C=O) groups is 1. The maximum Gasteiger partial charge on any atom is 0.248 e. The molecule has 1 fully saturated rings. The molecule has 1 aliphatic heterocycles. The number of H-pyrrole nitrogens is 1. The van der Waals surface area contributed by atoms with Crippen LogP contribution in [0.15, 0.2) is 12.3 Å². The number of aromatic nitrogens is 2. The van der Waals surface area contributed by atoms with Gasteiger partial charge in [0.15, 0.2) is 0 Å². The first-order valence-electron chi connectivity index (χ1n) is 5.57. The molecule has 0 aromatic carbocycles. The Morgan fingerprint density at radius 1 is 1.62 bits per heavy atom. The number of rotatable bonds is 3. The van der Waals surface area contributed by atoms with Gasteiger partial charge >= 0.3 is 0 Å². The predicted octanol–water partition coefficient (Wildman–Crippen LogP) is 0.762. The van der Waals surface area contributed by atoms with Gasteiger partial charge in [-0.25, -0.2) is 0 Å². The third-order valence-electron chi connectivity index (χ3n) is 3.08. The van der Waals surface area contributed by atoms with E-state index >= 15 is 0 Å². The van der Waals surface area contributed by atoms with E-state index in [1.807, 2.05) is 11.0 Å². The Morgan fingerprint density at radius 2 is 2.38 bits per heavy atom. The second-order valence-corrected chi connectivity index (χ2v) is 4.10. The third kappa shape index (κ3) is 2.41. The van der Waals surface area contributed by atoms with E-state index in [9.17, 15) is 4.79 Å². The van der Waals surface area contributed by atoms with Gasteiger partial charge in [0, 0.05) is 38.0 Å². The standard InChI is InChI=1S/C11H17N3O2/c1-16-8-11(15)14-6-3-9(4-7-14)10-2-5-12-13-10/h2,5,9H,3-4,6-8H2,1H3,(H,12,13). The predicted molar refractivity (Wildman–Crippen MR) is 59.0 cm³/mol. The molecule has 5 nitrogen and oxygen atoms in total. The van der Waals surface area contributed by atoms with Gasteiger partial charge in [0.05, 0.1) is 0 Å². The highest BCUT2D eigenvalue weighted by Gasteiger charge is 2.24. The number of amides is 1. The molecule has 16 heavy (non-hydrogen) atoms. The van der Waals surface area contributed by atoms with E-state index in [2.05, 4.69) is 10.2 Å².